The molecule has 7 heteroatoms. The normalized spacial score (nSPS) is 15.3. The van der Waals surface area contributed by atoms with E-state index in [9.17, 15) is 4.79 Å². The third kappa shape index (κ3) is 4.36. The van der Waals surface area contributed by atoms with Crippen molar-refractivity contribution in [1.82, 2.24) is 14.8 Å². The van der Waals surface area contributed by atoms with E-state index in [2.05, 4.69) is 26.6 Å². The van der Waals surface area contributed by atoms with Gasteiger partial charge in [-0.05, 0) is 12.5 Å². The average Bonchev–Trinajstić information content (AvgIpc) is 3.21. The van der Waals surface area contributed by atoms with E-state index >= 15 is 0 Å². The van der Waals surface area contributed by atoms with Gasteiger partial charge in [0.1, 0.15) is 5.25 Å². The van der Waals surface area contributed by atoms with Gasteiger partial charge in [0.05, 0.1) is 13.2 Å². The number of benzene rings is 2. The van der Waals surface area contributed by atoms with Gasteiger partial charge in [-0.15, -0.1) is 10.2 Å². The van der Waals surface area contributed by atoms with Gasteiger partial charge in [0.2, 0.25) is 5.95 Å². The Bertz CT molecular complexity index is 940. The lowest BCUT2D eigenvalue weighted by molar-refractivity contribution is 0.0989. The minimum atomic E-state index is -0.384. The summed E-state index contributed by atoms with van der Waals surface area (Å²) in [6, 6.07) is 19.3. The van der Waals surface area contributed by atoms with Crippen LogP contribution in [0.3, 0.4) is 0 Å². The Balaban J connectivity index is 1.66. The van der Waals surface area contributed by atoms with Crippen LogP contribution in [-0.4, -0.2) is 46.9 Å². The summed E-state index contributed by atoms with van der Waals surface area (Å²) in [6.45, 7) is 5.80. The van der Waals surface area contributed by atoms with Gasteiger partial charge in [0, 0.05) is 25.2 Å². The minimum absolute atomic E-state index is 0.0698. The van der Waals surface area contributed by atoms with Gasteiger partial charge >= 0.3 is 0 Å². The SMILES string of the molecule is CCn1c(S[C@H](C(=O)c2ccccc2)c2ccccc2)nnc1N1CCOCC1. The van der Waals surface area contributed by atoms with Gasteiger partial charge in [0.15, 0.2) is 10.9 Å². The summed E-state index contributed by atoms with van der Waals surface area (Å²) < 4.78 is 7.54. The van der Waals surface area contributed by atoms with E-state index in [4.69, 9.17) is 4.74 Å². The van der Waals surface area contributed by atoms with Crippen LogP contribution in [0.5, 0.6) is 0 Å². The number of morpholine rings is 1. The molecule has 1 atom stereocenters. The van der Waals surface area contributed by atoms with Crippen LogP contribution in [0, 0.1) is 0 Å². The molecule has 1 aromatic heterocycles. The quantitative estimate of drug-likeness (QED) is 0.437. The molecule has 0 bridgehead atoms. The summed E-state index contributed by atoms with van der Waals surface area (Å²) in [4.78, 5) is 15.5. The Labute approximate surface area is 174 Å². The second kappa shape index (κ2) is 9.24. The van der Waals surface area contributed by atoms with Crippen molar-refractivity contribution in [2.24, 2.45) is 0 Å². The lowest BCUT2D eigenvalue weighted by atomic mass is 10.0. The Morgan fingerprint density at radius 3 is 2.34 bits per heavy atom. The van der Waals surface area contributed by atoms with Gasteiger partial charge in [-0.3, -0.25) is 9.36 Å². The lowest BCUT2D eigenvalue weighted by Crippen LogP contribution is -2.38. The molecule has 1 aliphatic heterocycles. The zero-order valence-corrected chi connectivity index (χ0v) is 17.2. The Hall–Kier alpha value is -2.64. The van der Waals surface area contributed by atoms with Crippen LogP contribution in [0.25, 0.3) is 0 Å². The molecule has 1 saturated heterocycles. The second-order valence-electron chi connectivity index (χ2n) is 6.77. The summed E-state index contributed by atoms with van der Waals surface area (Å²) in [5.74, 6) is 0.914. The van der Waals surface area contributed by atoms with Crippen molar-refractivity contribution in [3.05, 3.63) is 71.8 Å². The molecule has 1 aliphatic rings. The highest BCUT2D eigenvalue weighted by molar-refractivity contribution is 8.00. The maximum absolute atomic E-state index is 13.4. The molecule has 0 aliphatic carbocycles. The second-order valence-corrected chi connectivity index (χ2v) is 7.84. The first-order chi connectivity index (χ1) is 14.3. The molecule has 29 heavy (non-hydrogen) atoms. The molecule has 2 aromatic carbocycles. The summed E-state index contributed by atoms with van der Waals surface area (Å²) >= 11 is 1.46. The molecule has 0 radical (unpaired) electrons. The third-order valence-electron chi connectivity index (χ3n) is 4.93. The number of hydrogen-bond donors (Lipinski definition) is 0. The van der Waals surface area contributed by atoms with Gasteiger partial charge < -0.3 is 9.64 Å². The number of nitrogens with zero attached hydrogens (tertiary/aromatic N) is 4. The van der Waals surface area contributed by atoms with Crippen molar-refractivity contribution < 1.29 is 9.53 Å². The van der Waals surface area contributed by atoms with E-state index in [1.807, 2.05) is 60.7 Å². The number of ether oxygens (including phenoxy) is 1. The molecule has 1 fully saturated rings. The van der Waals surface area contributed by atoms with Crippen molar-refractivity contribution in [3.63, 3.8) is 0 Å². The summed E-state index contributed by atoms with van der Waals surface area (Å²) in [7, 11) is 0. The largest absolute Gasteiger partial charge is 0.378 e. The topological polar surface area (TPSA) is 60.2 Å². The number of thioether (sulfide) groups is 1. The molecule has 0 amide bonds. The third-order valence-corrected chi connectivity index (χ3v) is 6.16. The van der Waals surface area contributed by atoms with E-state index in [0.717, 1.165) is 36.3 Å². The van der Waals surface area contributed by atoms with Crippen LogP contribution in [-0.2, 0) is 11.3 Å². The summed E-state index contributed by atoms with van der Waals surface area (Å²) in [5, 5.41) is 9.26. The maximum atomic E-state index is 13.4. The molecular formula is C22H24N4O2S. The number of carbonyl (C=O) groups is 1. The fourth-order valence-electron chi connectivity index (χ4n) is 3.40. The highest BCUT2D eigenvalue weighted by Gasteiger charge is 2.27. The number of hydrogen-bond acceptors (Lipinski definition) is 6. The van der Waals surface area contributed by atoms with E-state index in [0.29, 0.717) is 18.8 Å². The van der Waals surface area contributed by atoms with E-state index in [1.54, 1.807) is 0 Å². The fraction of sp³-hybridized carbons (Fsp3) is 0.318. The lowest BCUT2D eigenvalue weighted by Gasteiger charge is -2.27. The van der Waals surface area contributed by atoms with Crippen LogP contribution in [0.1, 0.15) is 28.1 Å². The van der Waals surface area contributed by atoms with Gasteiger partial charge in [-0.1, -0.05) is 72.4 Å². The number of ketones is 1. The van der Waals surface area contributed by atoms with Crippen LogP contribution >= 0.6 is 11.8 Å². The molecule has 2 heterocycles. The van der Waals surface area contributed by atoms with Crippen LogP contribution in [0.2, 0.25) is 0 Å². The molecule has 0 N–H and O–H groups in total. The molecular weight excluding hydrogens is 384 g/mol. The van der Waals surface area contributed by atoms with Crippen LogP contribution in [0.15, 0.2) is 65.8 Å². The van der Waals surface area contributed by atoms with Crippen molar-refractivity contribution in [3.8, 4) is 0 Å². The smallest absolute Gasteiger partial charge is 0.228 e. The van der Waals surface area contributed by atoms with Gasteiger partial charge in [-0.25, -0.2) is 0 Å². The predicted octanol–water partition coefficient (Wildman–Crippen LogP) is 3.85. The minimum Gasteiger partial charge on any atom is -0.378 e. The van der Waals surface area contributed by atoms with Gasteiger partial charge in [0.25, 0.3) is 0 Å². The molecule has 4 rings (SSSR count). The first-order valence-corrected chi connectivity index (χ1v) is 10.7. The van der Waals surface area contributed by atoms with E-state index in [1.165, 1.54) is 11.8 Å². The average molecular weight is 409 g/mol. The van der Waals surface area contributed by atoms with Crippen molar-refractivity contribution in [2.75, 3.05) is 31.2 Å². The van der Waals surface area contributed by atoms with E-state index in [-0.39, 0.29) is 11.0 Å². The Kier molecular flexibility index (Phi) is 6.27. The van der Waals surface area contributed by atoms with Crippen molar-refractivity contribution in [1.29, 1.82) is 0 Å². The highest BCUT2D eigenvalue weighted by Crippen LogP contribution is 2.38. The number of aromatic nitrogens is 3. The Morgan fingerprint density at radius 1 is 1.03 bits per heavy atom. The standard InChI is InChI=1S/C22H24N4O2S/c1-2-26-21(25-13-15-28-16-14-25)23-24-22(26)29-20(18-11-7-4-8-12-18)19(27)17-9-5-3-6-10-17/h3-12,20H,2,13-16H2,1H3/t20-/m0/s1. The van der Waals surface area contributed by atoms with Gasteiger partial charge in [-0.2, -0.15) is 0 Å². The predicted molar refractivity (Wildman–Crippen MR) is 115 cm³/mol. The maximum Gasteiger partial charge on any atom is 0.228 e. The Morgan fingerprint density at radius 2 is 1.69 bits per heavy atom. The van der Waals surface area contributed by atoms with E-state index < -0.39 is 0 Å². The fourth-order valence-corrected chi connectivity index (χ4v) is 4.58. The monoisotopic (exact) mass is 408 g/mol. The molecule has 6 nitrogen and oxygen atoms in total. The highest BCUT2D eigenvalue weighted by atomic mass is 32.2. The zero-order chi connectivity index (χ0) is 20.1. The summed E-state index contributed by atoms with van der Waals surface area (Å²) in [6.07, 6.45) is 0. The molecule has 0 unspecified atom stereocenters. The number of rotatable bonds is 7. The van der Waals surface area contributed by atoms with Crippen molar-refractivity contribution in [2.45, 2.75) is 23.9 Å². The first kappa shape index (κ1) is 19.7. The van der Waals surface area contributed by atoms with Crippen LogP contribution in [0.4, 0.5) is 5.95 Å². The van der Waals surface area contributed by atoms with Crippen LogP contribution < -0.4 is 4.90 Å². The number of Topliss-reactive ketones (excluding diaryl/α,β-unsaturated/α-hetero) is 1. The zero-order valence-electron chi connectivity index (χ0n) is 16.4. The first-order valence-electron chi connectivity index (χ1n) is 9.84. The molecule has 150 valence electrons. The summed E-state index contributed by atoms with van der Waals surface area (Å²) in [5.41, 5.74) is 1.66. The number of anilines is 1. The molecule has 0 saturated carbocycles. The molecule has 3 aromatic rings. The number of carbonyl (C=O) groups excluding carboxylic acids is 1. The molecule has 0 spiro atoms. The van der Waals surface area contributed by atoms with Crippen molar-refractivity contribution >= 4 is 23.5 Å².